The smallest absolute Gasteiger partial charge is 0.0980 e. The molecule has 0 radical (unpaired) electrons. The largest absolute Gasteiger partial charge is 0.392 e. The van der Waals surface area contributed by atoms with Crippen molar-refractivity contribution in [1.82, 2.24) is 0 Å². The summed E-state index contributed by atoms with van der Waals surface area (Å²) in [5, 5.41) is 18.2. The van der Waals surface area contributed by atoms with Gasteiger partial charge >= 0.3 is 0 Å². The molecular weight excluding hydrogens is 204 g/mol. The van der Waals surface area contributed by atoms with Gasteiger partial charge in [-0.3, -0.25) is 0 Å². The molecule has 0 fully saturated rings. The first-order chi connectivity index (χ1) is 7.74. The second-order valence-electron chi connectivity index (χ2n) is 3.60. The molecule has 0 heterocycles. The van der Waals surface area contributed by atoms with Crippen molar-refractivity contribution in [3.05, 3.63) is 48.0 Å². The molecule has 0 aliphatic rings. The van der Waals surface area contributed by atoms with Crippen LogP contribution >= 0.6 is 0 Å². The minimum absolute atomic E-state index is 0.0670. The maximum atomic E-state index is 9.60. The minimum Gasteiger partial charge on any atom is -0.392 e. The molecule has 88 valence electrons. The molecule has 0 amide bonds. The number of ether oxygens (including phenoxy) is 1. The lowest BCUT2D eigenvalue weighted by atomic mass is 10.2. The summed E-state index contributed by atoms with van der Waals surface area (Å²) < 4.78 is 5.50. The Labute approximate surface area is 96.0 Å². The summed E-state index contributed by atoms with van der Waals surface area (Å²) in [5.74, 6) is 0. The molecule has 0 aliphatic carbocycles. The number of hydrogen-bond donors (Lipinski definition) is 2. The van der Waals surface area contributed by atoms with Crippen LogP contribution in [0.4, 0.5) is 0 Å². The third-order valence-electron chi connectivity index (χ3n) is 2.28. The average molecular weight is 222 g/mol. The Balaban J connectivity index is 2.35. The van der Waals surface area contributed by atoms with Gasteiger partial charge in [0, 0.05) is 0 Å². The summed E-state index contributed by atoms with van der Waals surface area (Å²) in [6.07, 6.45) is 2.07. The van der Waals surface area contributed by atoms with E-state index in [4.69, 9.17) is 9.84 Å². The SMILES string of the molecule is C[C@H](OCc1ccccc1)[C@H](O)/C=C/CO. The van der Waals surface area contributed by atoms with E-state index >= 15 is 0 Å². The Kier molecular flexibility index (Phi) is 5.78. The van der Waals surface area contributed by atoms with Crippen LogP contribution in [0, 0.1) is 0 Å². The van der Waals surface area contributed by atoms with Crippen LogP contribution in [0.5, 0.6) is 0 Å². The molecule has 0 saturated carbocycles. The van der Waals surface area contributed by atoms with Crippen molar-refractivity contribution in [1.29, 1.82) is 0 Å². The Morgan fingerprint density at radius 1 is 1.31 bits per heavy atom. The number of rotatable bonds is 6. The summed E-state index contributed by atoms with van der Waals surface area (Å²) >= 11 is 0. The average Bonchev–Trinajstić information content (AvgIpc) is 2.34. The highest BCUT2D eigenvalue weighted by molar-refractivity contribution is 5.13. The lowest BCUT2D eigenvalue weighted by molar-refractivity contribution is -0.0154. The molecule has 2 atom stereocenters. The summed E-state index contributed by atoms with van der Waals surface area (Å²) in [6, 6.07) is 9.80. The molecule has 16 heavy (non-hydrogen) atoms. The van der Waals surface area contributed by atoms with Gasteiger partial charge in [0.2, 0.25) is 0 Å². The number of aliphatic hydroxyl groups is 2. The van der Waals surface area contributed by atoms with E-state index in [2.05, 4.69) is 0 Å². The fourth-order valence-corrected chi connectivity index (χ4v) is 1.26. The monoisotopic (exact) mass is 222 g/mol. The maximum absolute atomic E-state index is 9.60. The lowest BCUT2D eigenvalue weighted by Gasteiger charge is -2.16. The fourth-order valence-electron chi connectivity index (χ4n) is 1.26. The zero-order chi connectivity index (χ0) is 11.8. The van der Waals surface area contributed by atoms with Crippen molar-refractivity contribution >= 4 is 0 Å². The summed E-state index contributed by atoms with van der Waals surface area (Å²) in [6.45, 7) is 2.21. The van der Waals surface area contributed by atoms with Crippen LogP contribution < -0.4 is 0 Å². The van der Waals surface area contributed by atoms with Crippen molar-refractivity contribution in [2.45, 2.75) is 25.7 Å². The first-order valence-electron chi connectivity index (χ1n) is 5.35. The first-order valence-corrected chi connectivity index (χ1v) is 5.35. The van der Waals surface area contributed by atoms with Gasteiger partial charge in [-0.05, 0) is 12.5 Å². The highest BCUT2D eigenvalue weighted by Crippen LogP contribution is 2.06. The van der Waals surface area contributed by atoms with Crippen LogP contribution in [0.25, 0.3) is 0 Å². The van der Waals surface area contributed by atoms with E-state index in [1.807, 2.05) is 30.3 Å². The van der Waals surface area contributed by atoms with Crippen LogP contribution in [-0.2, 0) is 11.3 Å². The van der Waals surface area contributed by atoms with Crippen molar-refractivity contribution in [2.75, 3.05) is 6.61 Å². The van der Waals surface area contributed by atoms with Gasteiger partial charge in [0.25, 0.3) is 0 Å². The highest BCUT2D eigenvalue weighted by Gasteiger charge is 2.10. The Bertz CT molecular complexity index is 308. The lowest BCUT2D eigenvalue weighted by Crippen LogP contribution is -2.23. The van der Waals surface area contributed by atoms with Gasteiger partial charge in [0.15, 0.2) is 0 Å². The standard InChI is InChI=1S/C13H18O3/c1-11(13(15)8-5-9-14)16-10-12-6-3-2-4-7-12/h2-8,11,13-15H,9-10H2,1H3/b8-5+/t11-,13+/m0/s1. The van der Waals surface area contributed by atoms with Crippen LogP contribution in [0.2, 0.25) is 0 Å². The van der Waals surface area contributed by atoms with Crippen molar-refractivity contribution in [3.8, 4) is 0 Å². The topological polar surface area (TPSA) is 49.7 Å². The molecule has 0 aromatic heterocycles. The maximum Gasteiger partial charge on any atom is 0.0980 e. The molecule has 1 aromatic rings. The third-order valence-corrected chi connectivity index (χ3v) is 2.28. The van der Waals surface area contributed by atoms with Gasteiger partial charge in [-0.1, -0.05) is 42.5 Å². The second-order valence-corrected chi connectivity index (χ2v) is 3.60. The number of benzene rings is 1. The Morgan fingerprint density at radius 3 is 2.62 bits per heavy atom. The Morgan fingerprint density at radius 2 is 2.00 bits per heavy atom. The molecule has 1 rings (SSSR count). The third kappa shape index (κ3) is 4.57. The van der Waals surface area contributed by atoms with Crippen LogP contribution in [0.15, 0.2) is 42.5 Å². The molecule has 2 N–H and O–H groups in total. The van der Waals surface area contributed by atoms with E-state index in [9.17, 15) is 5.11 Å². The van der Waals surface area contributed by atoms with E-state index in [0.717, 1.165) is 5.56 Å². The zero-order valence-electron chi connectivity index (χ0n) is 9.41. The molecule has 0 saturated heterocycles. The van der Waals surface area contributed by atoms with Crippen LogP contribution in [-0.4, -0.2) is 29.0 Å². The van der Waals surface area contributed by atoms with E-state index in [1.165, 1.54) is 12.2 Å². The van der Waals surface area contributed by atoms with Crippen molar-refractivity contribution in [3.63, 3.8) is 0 Å². The predicted molar refractivity (Wildman–Crippen MR) is 62.9 cm³/mol. The van der Waals surface area contributed by atoms with Gasteiger partial charge in [0.05, 0.1) is 25.4 Å². The normalized spacial score (nSPS) is 15.2. The molecule has 0 unspecified atom stereocenters. The highest BCUT2D eigenvalue weighted by atomic mass is 16.5. The summed E-state index contributed by atoms with van der Waals surface area (Å²) in [5.41, 5.74) is 1.08. The molecule has 3 nitrogen and oxygen atoms in total. The number of hydrogen-bond acceptors (Lipinski definition) is 3. The Hall–Kier alpha value is -1.16. The first kappa shape index (κ1) is 12.9. The summed E-state index contributed by atoms with van der Waals surface area (Å²) in [7, 11) is 0. The van der Waals surface area contributed by atoms with Crippen LogP contribution in [0.3, 0.4) is 0 Å². The molecule has 0 aliphatic heterocycles. The number of aliphatic hydroxyl groups excluding tert-OH is 2. The quantitative estimate of drug-likeness (QED) is 0.717. The van der Waals surface area contributed by atoms with Crippen LogP contribution in [0.1, 0.15) is 12.5 Å². The predicted octanol–water partition coefficient (Wildman–Crippen LogP) is 1.50. The van der Waals surface area contributed by atoms with Gasteiger partial charge in [-0.15, -0.1) is 0 Å². The molecular formula is C13H18O3. The summed E-state index contributed by atoms with van der Waals surface area (Å²) in [4.78, 5) is 0. The van der Waals surface area contributed by atoms with Gasteiger partial charge in [-0.25, -0.2) is 0 Å². The fraction of sp³-hybridized carbons (Fsp3) is 0.385. The molecule has 1 aromatic carbocycles. The van der Waals surface area contributed by atoms with Gasteiger partial charge < -0.3 is 14.9 Å². The van der Waals surface area contributed by atoms with E-state index in [0.29, 0.717) is 6.61 Å². The van der Waals surface area contributed by atoms with Crippen molar-refractivity contribution < 1.29 is 14.9 Å². The molecule has 3 heteroatoms. The van der Waals surface area contributed by atoms with E-state index in [-0.39, 0.29) is 12.7 Å². The second kappa shape index (κ2) is 7.17. The molecule has 0 spiro atoms. The zero-order valence-corrected chi connectivity index (χ0v) is 9.41. The van der Waals surface area contributed by atoms with Gasteiger partial charge in [0.1, 0.15) is 0 Å². The molecule has 0 bridgehead atoms. The van der Waals surface area contributed by atoms with E-state index < -0.39 is 6.10 Å². The van der Waals surface area contributed by atoms with E-state index in [1.54, 1.807) is 6.92 Å². The minimum atomic E-state index is -0.684. The van der Waals surface area contributed by atoms with Gasteiger partial charge in [-0.2, -0.15) is 0 Å². The van der Waals surface area contributed by atoms with Crippen molar-refractivity contribution in [2.24, 2.45) is 0 Å².